The summed E-state index contributed by atoms with van der Waals surface area (Å²) in [7, 11) is 0. The van der Waals surface area contributed by atoms with E-state index in [-0.39, 0.29) is 5.91 Å². The molecular formula is C41H60N4O. The first-order chi connectivity index (χ1) is 22.6. The minimum atomic E-state index is -0.0988. The summed E-state index contributed by atoms with van der Waals surface area (Å²) < 4.78 is 0. The molecule has 250 valence electrons. The van der Waals surface area contributed by atoms with Crippen LogP contribution in [-0.2, 0) is 6.42 Å². The van der Waals surface area contributed by atoms with Crippen molar-refractivity contribution in [2.24, 2.45) is 10.2 Å². The average molecular weight is 625 g/mol. The van der Waals surface area contributed by atoms with Crippen LogP contribution in [-0.4, -0.2) is 19.0 Å². The van der Waals surface area contributed by atoms with Crippen LogP contribution in [0.5, 0.6) is 0 Å². The van der Waals surface area contributed by atoms with Gasteiger partial charge in [-0.1, -0.05) is 116 Å². The van der Waals surface area contributed by atoms with Gasteiger partial charge in [-0.15, -0.1) is 0 Å². The third kappa shape index (κ3) is 14.7. The Morgan fingerprint density at radius 3 is 1.59 bits per heavy atom. The number of carbonyl (C=O) groups is 1. The SMILES string of the molecule is CCCCCCCCCCCCc1ccc(C(=O)Nc2ccc(N=Nc3ccc(N(CCCC)CCCCCC)cc3)cc2)cc1. The summed E-state index contributed by atoms with van der Waals surface area (Å²) in [6.45, 7) is 8.98. The largest absolute Gasteiger partial charge is 0.372 e. The fraction of sp³-hybridized carbons (Fsp3) is 0.537. The van der Waals surface area contributed by atoms with Gasteiger partial charge in [-0.25, -0.2) is 0 Å². The highest BCUT2D eigenvalue weighted by Gasteiger charge is 2.08. The number of anilines is 2. The molecule has 3 aromatic rings. The molecule has 0 atom stereocenters. The monoisotopic (exact) mass is 624 g/mol. The molecule has 0 radical (unpaired) electrons. The Kier molecular flexibility index (Phi) is 18.5. The van der Waals surface area contributed by atoms with Crippen LogP contribution < -0.4 is 10.2 Å². The van der Waals surface area contributed by atoms with E-state index in [0.29, 0.717) is 5.56 Å². The van der Waals surface area contributed by atoms with Crippen LogP contribution in [0.1, 0.15) is 139 Å². The van der Waals surface area contributed by atoms with E-state index in [0.717, 1.165) is 36.6 Å². The number of unbranched alkanes of at least 4 members (excludes halogenated alkanes) is 13. The summed E-state index contributed by atoms with van der Waals surface area (Å²) >= 11 is 0. The molecule has 5 heteroatoms. The predicted molar refractivity (Wildman–Crippen MR) is 198 cm³/mol. The van der Waals surface area contributed by atoms with Crippen molar-refractivity contribution < 1.29 is 4.79 Å². The molecular weight excluding hydrogens is 564 g/mol. The van der Waals surface area contributed by atoms with Crippen molar-refractivity contribution in [1.82, 2.24) is 0 Å². The molecule has 0 aromatic heterocycles. The Morgan fingerprint density at radius 1 is 0.543 bits per heavy atom. The van der Waals surface area contributed by atoms with Gasteiger partial charge in [-0.2, -0.15) is 10.2 Å². The second-order valence-electron chi connectivity index (χ2n) is 12.7. The number of nitrogens with zero attached hydrogens (tertiary/aromatic N) is 3. The van der Waals surface area contributed by atoms with Gasteiger partial charge in [0.15, 0.2) is 0 Å². The molecule has 0 spiro atoms. The molecule has 0 fully saturated rings. The molecule has 0 aliphatic heterocycles. The third-order valence-corrected chi connectivity index (χ3v) is 8.72. The molecule has 0 saturated carbocycles. The third-order valence-electron chi connectivity index (χ3n) is 8.72. The first kappa shape index (κ1) is 37.0. The molecule has 5 nitrogen and oxygen atoms in total. The van der Waals surface area contributed by atoms with Crippen LogP contribution in [0.4, 0.5) is 22.7 Å². The van der Waals surface area contributed by atoms with Crippen molar-refractivity contribution in [1.29, 1.82) is 0 Å². The Labute approximate surface area is 280 Å². The van der Waals surface area contributed by atoms with E-state index in [1.165, 1.54) is 114 Å². The highest BCUT2D eigenvalue weighted by atomic mass is 16.1. The maximum Gasteiger partial charge on any atom is 0.255 e. The van der Waals surface area contributed by atoms with Crippen molar-refractivity contribution in [3.05, 3.63) is 83.9 Å². The number of rotatable bonds is 24. The highest BCUT2D eigenvalue weighted by molar-refractivity contribution is 6.04. The fourth-order valence-corrected chi connectivity index (χ4v) is 5.75. The lowest BCUT2D eigenvalue weighted by Gasteiger charge is -2.25. The molecule has 0 heterocycles. The lowest BCUT2D eigenvalue weighted by Crippen LogP contribution is -2.25. The van der Waals surface area contributed by atoms with E-state index in [1.807, 2.05) is 48.5 Å². The van der Waals surface area contributed by atoms with Gasteiger partial charge in [0.1, 0.15) is 0 Å². The van der Waals surface area contributed by atoms with Crippen molar-refractivity contribution in [2.75, 3.05) is 23.3 Å². The van der Waals surface area contributed by atoms with Gasteiger partial charge in [0.2, 0.25) is 0 Å². The van der Waals surface area contributed by atoms with Crippen LogP contribution >= 0.6 is 0 Å². The van der Waals surface area contributed by atoms with Gasteiger partial charge < -0.3 is 10.2 Å². The minimum Gasteiger partial charge on any atom is -0.372 e. The second kappa shape index (κ2) is 22.9. The number of hydrogen-bond donors (Lipinski definition) is 1. The number of nitrogens with one attached hydrogen (secondary N) is 1. The predicted octanol–water partition coefficient (Wildman–Crippen LogP) is 13.0. The Morgan fingerprint density at radius 2 is 1.02 bits per heavy atom. The van der Waals surface area contributed by atoms with E-state index in [1.54, 1.807) is 0 Å². The van der Waals surface area contributed by atoms with E-state index in [4.69, 9.17) is 0 Å². The van der Waals surface area contributed by atoms with E-state index in [9.17, 15) is 4.79 Å². The molecule has 0 aliphatic carbocycles. The summed E-state index contributed by atoms with van der Waals surface area (Å²) in [5.41, 5.74) is 5.56. The van der Waals surface area contributed by atoms with Gasteiger partial charge in [0.05, 0.1) is 11.4 Å². The van der Waals surface area contributed by atoms with Crippen molar-refractivity contribution in [3.63, 3.8) is 0 Å². The van der Waals surface area contributed by atoms with Gasteiger partial charge >= 0.3 is 0 Å². The summed E-state index contributed by atoms with van der Waals surface area (Å²) in [6, 6.07) is 24.0. The van der Waals surface area contributed by atoms with Crippen LogP contribution in [0.25, 0.3) is 0 Å². The first-order valence-corrected chi connectivity index (χ1v) is 18.4. The second-order valence-corrected chi connectivity index (χ2v) is 12.7. The topological polar surface area (TPSA) is 57.1 Å². The minimum absolute atomic E-state index is 0.0988. The average Bonchev–Trinajstić information content (AvgIpc) is 3.09. The summed E-state index contributed by atoms with van der Waals surface area (Å²) in [5, 5.41) is 11.9. The maximum atomic E-state index is 12.8. The number of azo groups is 1. The van der Waals surface area contributed by atoms with E-state index < -0.39 is 0 Å². The zero-order valence-electron chi connectivity index (χ0n) is 29.1. The Balaban J connectivity index is 1.40. The van der Waals surface area contributed by atoms with Gasteiger partial charge in [-0.05, 0) is 91.9 Å². The van der Waals surface area contributed by atoms with E-state index in [2.05, 4.69) is 65.5 Å². The Hall–Kier alpha value is -3.47. The normalized spacial score (nSPS) is 11.3. The van der Waals surface area contributed by atoms with E-state index >= 15 is 0 Å². The zero-order valence-corrected chi connectivity index (χ0v) is 29.1. The zero-order chi connectivity index (χ0) is 32.7. The fourth-order valence-electron chi connectivity index (χ4n) is 5.75. The lowest BCUT2D eigenvalue weighted by molar-refractivity contribution is 0.102. The molecule has 3 aromatic carbocycles. The highest BCUT2D eigenvalue weighted by Crippen LogP contribution is 2.24. The molecule has 1 N–H and O–H groups in total. The molecule has 0 saturated heterocycles. The number of benzene rings is 3. The van der Waals surface area contributed by atoms with Crippen LogP contribution in [0.2, 0.25) is 0 Å². The summed E-state index contributed by atoms with van der Waals surface area (Å²) in [4.78, 5) is 15.3. The lowest BCUT2D eigenvalue weighted by atomic mass is 10.0. The standard InChI is InChI=1S/C41H60N4O/c1-4-7-10-12-13-14-15-16-17-18-20-35-21-23-36(24-22-35)41(46)42-37-25-27-38(28-26-37)43-44-39-29-31-40(32-30-39)45(33-9-6-3)34-19-11-8-5-2/h21-32H,4-20,33-34H2,1-3H3,(H,42,46). The van der Waals surface area contributed by atoms with Crippen molar-refractivity contribution in [2.45, 2.75) is 130 Å². The summed E-state index contributed by atoms with van der Waals surface area (Å²) in [6.07, 6.45) is 22.1. The van der Waals surface area contributed by atoms with Gasteiger partial charge in [0, 0.05) is 30.0 Å². The molecule has 0 aliphatic rings. The van der Waals surface area contributed by atoms with Crippen LogP contribution in [0, 0.1) is 0 Å². The molecule has 1 amide bonds. The maximum absolute atomic E-state index is 12.8. The van der Waals surface area contributed by atoms with Gasteiger partial charge in [0.25, 0.3) is 5.91 Å². The van der Waals surface area contributed by atoms with Crippen LogP contribution in [0.3, 0.4) is 0 Å². The van der Waals surface area contributed by atoms with Crippen LogP contribution in [0.15, 0.2) is 83.0 Å². The molecule has 0 bridgehead atoms. The molecule has 46 heavy (non-hydrogen) atoms. The number of hydrogen-bond acceptors (Lipinski definition) is 4. The summed E-state index contributed by atoms with van der Waals surface area (Å²) in [5.74, 6) is -0.0988. The Bertz CT molecular complexity index is 1230. The number of aryl methyl sites for hydroxylation is 1. The quantitative estimate of drug-likeness (QED) is 0.0796. The van der Waals surface area contributed by atoms with Crippen molar-refractivity contribution in [3.8, 4) is 0 Å². The van der Waals surface area contributed by atoms with Crippen molar-refractivity contribution >= 4 is 28.7 Å². The smallest absolute Gasteiger partial charge is 0.255 e. The molecule has 3 rings (SSSR count). The first-order valence-electron chi connectivity index (χ1n) is 18.4. The number of carbonyl (C=O) groups excluding carboxylic acids is 1. The number of amides is 1. The van der Waals surface area contributed by atoms with Gasteiger partial charge in [-0.3, -0.25) is 4.79 Å². The molecule has 0 unspecified atom stereocenters.